The fourth-order valence-electron chi connectivity index (χ4n) is 2.63. The Morgan fingerprint density at radius 2 is 1.89 bits per heavy atom. The van der Waals surface area contributed by atoms with Crippen LogP contribution in [0.4, 0.5) is 13.2 Å². The van der Waals surface area contributed by atoms with Gasteiger partial charge in [0.05, 0.1) is 6.10 Å². The molecule has 18 heavy (non-hydrogen) atoms. The van der Waals surface area contributed by atoms with Gasteiger partial charge in [-0.25, -0.2) is 0 Å². The lowest BCUT2D eigenvalue weighted by Gasteiger charge is -2.40. The third-order valence-electron chi connectivity index (χ3n) is 3.95. The van der Waals surface area contributed by atoms with Crippen LogP contribution in [0, 0.1) is 0 Å². The highest BCUT2D eigenvalue weighted by atomic mass is 19.4. The Morgan fingerprint density at radius 1 is 1.22 bits per heavy atom. The number of halogens is 3. The Bertz CT molecular complexity index is 269. The number of rotatable bonds is 2. The highest BCUT2D eigenvalue weighted by Crippen LogP contribution is 2.38. The summed E-state index contributed by atoms with van der Waals surface area (Å²) in [6.45, 7) is 2.02. The molecular weight excluding hydrogens is 247 g/mol. The summed E-state index contributed by atoms with van der Waals surface area (Å²) in [6.07, 6.45) is -1.64. The standard InChI is InChI=1S/C12H20F3NO2/c13-12(14,15)11(17)4-6-16(7-5-11)9-10-3-1-2-8-18-10/h10,17H,1-9H2. The number of hydrogen-bond acceptors (Lipinski definition) is 3. The van der Waals surface area contributed by atoms with Gasteiger partial charge in [0.15, 0.2) is 5.60 Å². The van der Waals surface area contributed by atoms with Crippen LogP contribution in [0.15, 0.2) is 0 Å². The van der Waals surface area contributed by atoms with E-state index in [1.165, 1.54) is 0 Å². The van der Waals surface area contributed by atoms with Gasteiger partial charge < -0.3 is 14.7 Å². The third-order valence-corrected chi connectivity index (χ3v) is 3.95. The van der Waals surface area contributed by atoms with Gasteiger partial charge in [-0.05, 0) is 32.1 Å². The van der Waals surface area contributed by atoms with E-state index in [2.05, 4.69) is 0 Å². The van der Waals surface area contributed by atoms with E-state index >= 15 is 0 Å². The molecule has 2 rings (SSSR count). The lowest BCUT2D eigenvalue weighted by molar-refractivity contribution is -0.273. The Balaban J connectivity index is 1.79. The molecule has 1 N–H and O–H groups in total. The van der Waals surface area contributed by atoms with Crippen molar-refractivity contribution in [3.05, 3.63) is 0 Å². The summed E-state index contributed by atoms with van der Waals surface area (Å²) in [4.78, 5) is 1.97. The van der Waals surface area contributed by atoms with Crippen molar-refractivity contribution >= 4 is 0 Å². The van der Waals surface area contributed by atoms with Gasteiger partial charge in [-0.1, -0.05) is 0 Å². The summed E-state index contributed by atoms with van der Waals surface area (Å²) in [7, 11) is 0. The molecule has 1 atom stereocenters. The maximum Gasteiger partial charge on any atom is 0.417 e. The first-order valence-electron chi connectivity index (χ1n) is 6.54. The molecule has 0 saturated carbocycles. The molecule has 0 aromatic rings. The highest BCUT2D eigenvalue weighted by Gasteiger charge is 2.54. The molecule has 2 aliphatic rings. The van der Waals surface area contributed by atoms with E-state index < -0.39 is 11.8 Å². The third kappa shape index (κ3) is 3.16. The molecule has 0 radical (unpaired) electrons. The largest absolute Gasteiger partial charge is 0.417 e. The predicted octanol–water partition coefficient (Wildman–Crippen LogP) is 1.94. The second kappa shape index (κ2) is 5.35. The van der Waals surface area contributed by atoms with Crippen molar-refractivity contribution in [3.8, 4) is 0 Å². The van der Waals surface area contributed by atoms with Gasteiger partial charge >= 0.3 is 6.18 Å². The van der Waals surface area contributed by atoms with Crippen LogP contribution in [0.5, 0.6) is 0 Å². The van der Waals surface area contributed by atoms with Crippen molar-refractivity contribution in [2.24, 2.45) is 0 Å². The van der Waals surface area contributed by atoms with Crippen molar-refractivity contribution in [2.75, 3.05) is 26.2 Å². The number of likely N-dealkylation sites (tertiary alicyclic amines) is 1. The molecule has 0 spiro atoms. The normalized spacial score (nSPS) is 30.3. The molecule has 2 aliphatic heterocycles. The van der Waals surface area contributed by atoms with Crippen molar-refractivity contribution in [3.63, 3.8) is 0 Å². The van der Waals surface area contributed by atoms with Gasteiger partial charge in [0.2, 0.25) is 0 Å². The second-order valence-corrected chi connectivity index (χ2v) is 5.32. The molecule has 0 amide bonds. The van der Waals surface area contributed by atoms with Gasteiger partial charge in [0.25, 0.3) is 0 Å². The van der Waals surface area contributed by atoms with E-state index in [-0.39, 0.29) is 32.0 Å². The van der Waals surface area contributed by atoms with Crippen LogP contribution in [0.1, 0.15) is 32.1 Å². The number of piperidine rings is 1. The molecule has 1 unspecified atom stereocenters. The van der Waals surface area contributed by atoms with E-state index in [4.69, 9.17) is 4.74 Å². The second-order valence-electron chi connectivity index (χ2n) is 5.32. The summed E-state index contributed by atoms with van der Waals surface area (Å²) in [5.74, 6) is 0. The van der Waals surface area contributed by atoms with Crippen LogP contribution < -0.4 is 0 Å². The highest BCUT2D eigenvalue weighted by molar-refractivity contribution is 4.92. The van der Waals surface area contributed by atoms with Gasteiger partial charge in [0.1, 0.15) is 0 Å². The van der Waals surface area contributed by atoms with Gasteiger partial charge in [-0.15, -0.1) is 0 Å². The van der Waals surface area contributed by atoms with E-state index in [0.717, 1.165) is 25.9 Å². The molecule has 2 heterocycles. The fraction of sp³-hybridized carbons (Fsp3) is 1.00. The van der Waals surface area contributed by atoms with Crippen LogP contribution >= 0.6 is 0 Å². The topological polar surface area (TPSA) is 32.7 Å². The lowest BCUT2D eigenvalue weighted by atomic mass is 9.90. The number of alkyl halides is 3. The Kier molecular flexibility index (Phi) is 4.18. The van der Waals surface area contributed by atoms with Crippen LogP contribution in [-0.2, 0) is 4.74 Å². The minimum atomic E-state index is -4.51. The van der Waals surface area contributed by atoms with Gasteiger partial charge in [0, 0.05) is 26.2 Å². The molecule has 3 nitrogen and oxygen atoms in total. The molecule has 6 heteroatoms. The summed E-state index contributed by atoms with van der Waals surface area (Å²) in [5.41, 5.74) is -2.49. The number of aliphatic hydroxyl groups is 1. The minimum Gasteiger partial charge on any atom is -0.380 e. The molecular formula is C12H20F3NO2. The smallest absolute Gasteiger partial charge is 0.380 e. The molecule has 0 aromatic carbocycles. The fourth-order valence-corrected chi connectivity index (χ4v) is 2.63. The zero-order valence-electron chi connectivity index (χ0n) is 10.4. The maximum absolute atomic E-state index is 12.6. The zero-order chi connectivity index (χ0) is 13.2. The SMILES string of the molecule is OC1(C(F)(F)F)CCN(CC2CCCCO2)CC1. The Morgan fingerprint density at radius 3 is 2.39 bits per heavy atom. The zero-order valence-corrected chi connectivity index (χ0v) is 10.4. The first kappa shape index (κ1) is 14.1. The number of ether oxygens (including phenoxy) is 1. The monoisotopic (exact) mass is 267 g/mol. The minimum absolute atomic E-state index is 0.149. The summed E-state index contributed by atoms with van der Waals surface area (Å²) < 4.78 is 43.4. The summed E-state index contributed by atoms with van der Waals surface area (Å²) >= 11 is 0. The first-order chi connectivity index (χ1) is 8.41. The molecule has 106 valence electrons. The average Bonchev–Trinajstić information content (AvgIpc) is 2.32. The Labute approximate surface area is 105 Å². The van der Waals surface area contributed by atoms with Crippen molar-refractivity contribution in [2.45, 2.75) is 50.0 Å². The van der Waals surface area contributed by atoms with Crippen LogP contribution in [0.3, 0.4) is 0 Å². The summed E-state index contributed by atoms with van der Waals surface area (Å²) in [5, 5.41) is 9.55. The number of hydrogen-bond donors (Lipinski definition) is 1. The number of nitrogens with zero attached hydrogens (tertiary/aromatic N) is 1. The molecule has 2 saturated heterocycles. The maximum atomic E-state index is 12.6. The van der Waals surface area contributed by atoms with Crippen LogP contribution in [0.25, 0.3) is 0 Å². The molecule has 0 aromatic heterocycles. The molecule has 2 fully saturated rings. The van der Waals surface area contributed by atoms with Crippen molar-refractivity contribution < 1.29 is 23.0 Å². The van der Waals surface area contributed by atoms with Crippen LogP contribution in [-0.4, -0.2) is 54.1 Å². The molecule has 0 aliphatic carbocycles. The Hall–Kier alpha value is -0.330. The van der Waals surface area contributed by atoms with Crippen LogP contribution in [0.2, 0.25) is 0 Å². The van der Waals surface area contributed by atoms with Crippen molar-refractivity contribution in [1.29, 1.82) is 0 Å². The van der Waals surface area contributed by atoms with E-state index in [1.54, 1.807) is 0 Å². The van der Waals surface area contributed by atoms with E-state index in [1.807, 2.05) is 4.90 Å². The molecule has 0 bridgehead atoms. The van der Waals surface area contributed by atoms with E-state index in [0.29, 0.717) is 6.54 Å². The first-order valence-corrected chi connectivity index (χ1v) is 6.54. The predicted molar refractivity (Wildman–Crippen MR) is 60.3 cm³/mol. The quantitative estimate of drug-likeness (QED) is 0.830. The van der Waals surface area contributed by atoms with E-state index in [9.17, 15) is 18.3 Å². The average molecular weight is 267 g/mol. The van der Waals surface area contributed by atoms with Gasteiger partial charge in [-0.2, -0.15) is 13.2 Å². The summed E-state index contributed by atoms with van der Waals surface area (Å²) in [6, 6.07) is 0. The lowest BCUT2D eigenvalue weighted by Crippen LogP contribution is -2.54. The van der Waals surface area contributed by atoms with Crippen molar-refractivity contribution in [1.82, 2.24) is 4.90 Å². The van der Waals surface area contributed by atoms with Gasteiger partial charge in [-0.3, -0.25) is 0 Å².